The van der Waals surface area contributed by atoms with E-state index in [2.05, 4.69) is 6.58 Å². The third-order valence-electron chi connectivity index (χ3n) is 4.43. The van der Waals surface area contributed by atoms with Gasteiger partial charge in [0.05, 0.1) is 5.69 Å². The van der Waals surface area contributed by atoms with E-state index >= 15 is 0 Å². The number of benzene rings is 1. The fourth-order valence-corrected chi connectivity index (χ4v) is 4.32. The molecule has 0 fully saturated rings. The molecular weight excluding hydrogens is 336 g/mol. The summed E-state index contributed by atoms with van der Waals surface area (Å²) in [5, 5.41) is 0.735. The molecule has 1 aliphatic heterocycles. The highest BCUT2D eigenvalue weighted by molar-refractivity contribution is 7.16. The summed E-state index contributed by atoms with van der Waals surface area (Å²) in [6, 6.07) is 7.40. The van der Waals surface area contributed by atoms with Crippen LogP contribution in [0.1, 0.15) is 23.4 Å². The number of anilines is 1. The van der Waals surface area contributed by atoms with Gasteiger partial charge in [-0.1, -0.05) is 18.2 Å². The van der Waals surface area contributed by atoms with Crippen LogP contribution in [0.15, 0.2) is 36.9 Å². The minimum atomic E-state index is -0.671. The van der Waals surface area contributed by atoms with Crippen molar-refractivity contribution in [1.82, 2.24) is 4.98 Å². The molecule has 1 aromatic carbocycles. The average molecular weight is 356 g/mol. The van der Waals surface area contributed by atoms with Crippen molar-refractivity contribution in [2.45, 2.75) is 31.8 Å². The predicted molar refractivity (Wildman–Crippen MR) is 97.7 cm³/mol. The number of amides is 1. The quantitative estimate of drug-likeness (QED) is 0.788. The van der Waals surface area contributed by atoms with Gasteiger partial charge in [-0.05, 0) is 37.8 Å². The van der Waals surface area contributed by atoms with Crippen molar-refractivity contribution in [2.75, 3.05) is 18.1 Å². The normalized spacial score (nSPS) is 18.3. The maximum absolute atomic E-state index is 13.1. The summed E-state index contributed by atoms with van der Waals surface area (Å²) < 4.78 is 11.6. The van der Waals surface area contributed by atoms with E-state index in [4.69, 9.17) is 14.5 Å². The molecule has 0 saturated heterocycles. The first-order chi connectivity index (χ1) is 12.3. The zero-order chi connectivity index (χ0) is 17.2. The van der Waals surface area contributed by atoms with Gasteiger partial charge in [0.2, 0.25) is 6.10 Å². The average Bonchev–Trinajstić information content (AvgIpc) is 3.09. The Kier molecular flexibility index (Phi) is 4.44. The molecule has 6 heteroatoms. The van der Waals surface area contributed by atoms with E-state index in [0.29, 0.717) is 18.0 Å². The van der Waals surface area contributed by atoms with Gasteiger partial charge < -0.3 is 9.47 Å². The van der Waals surface area contributed by atoms with Crippen LogP contribution in [0.25, 0.3) is 0 Å². The highest BCUT2D eigenvalue weighted by Crippen LogP contribution is 2.34. The Hall–Kier alpha value is -2.34. The van der Waals surface area contributed by atoms with Crippen LogP contribution < -0.4 is 14.4 Å². The molecule has 0 N–H and O–H groups in total. The lowest BCUT2D eigenvalue weighted by molar-refractivity contribution is -0.127. The molecule has 1 aromatic heterocycles. The molecule has 0 unspecified atom stereocenters. The van der Waals surface area contributed by atoms with Crippen LogP contribution in [0.4, 0.5) is 5.13 Å². The summed E-state index contributed by atoms with van der Waals surface area (Å²) in [7, 11) is 0. The summed E-state index contributed by atoms with van der Waals surface area (Å²) in [5.74, 6) is 1.14. The van der Waals surface area contributed by atoms with Crippen molar-refractivity contribution in [1.29, 1.82) is 0 Å². The molecule has 0 saturated carbocycles. The number of hydrogen-bond acceptors (Lipinski definition) is 5. The largest absolute Gasteiger partial charge is 0.485 e. The molecule has 0 spiro atoms. The number of aromatic nitrogens is 1. The molecular formula is C19H20N2O3S. The first-order valence-electron chi connectivity index (χ1n) is 8.55. The fourth-order valence-electron chi connectivity index (χ4n) is 3.16. The minimum absolute atomic E-state index is 0.138. The molecule has 2 aliphatic rings. The van der Waals surface area contributed by atoms with Crippen LogP contribution in [0, 0.1) is 0 Å². The van der Waals surface area contributed by atoms with Crippen LogP contribution >= 0.6 is 11.3 Å². The summed E-state index contributed by atoms with van der Waals surface area (Å²) in [6.07, 6.45) is 5.46. The second-order valence-corrected chi connectivity index (χ2v) is 7.24. The maximum atomic E-state index is 13.1. The standard InChI is InChI=1S/C19H20N2O3S/c1-2-11-21(19-20-13-7-3-6-10-17(13)25-19)18(22)16-12-23-14-8-4-5-9-15(14)24-16/h2,4-5,8-9,16H,1,3,6-7,10-12H2/t16-/m0/s1. The zero-order valence-electron chi connectivity index (χ0n) is 13.9. The Morgan fingerprint density at radius 1 is 1.32 bits per heavy atom. The van der Waals surface area contributed by atoms with Crippen LogP contribution in [-0.2, 0) is 17.6 Å². The highest BCUT2D eigenvalue weighted by atomic mass is 32.1. The molecule has 1 atom stereocenters. The number of para-hydroxylation sites is 2. The number of aryl methyl sites for hydroxylation is 2. The van der Waals surface area contributed by atoms with E-state index in [1.54, 1.807) is 22.3 Å². The molecule has 2 heterocycles. The molecule has 4 rings (SSSR count). The van der Waals surface area contributed by atoms with Gasteiger partial charge in [0.15, 0.2) is 16.6 Å². The maximum Gasteiger partial charge on any atom is 0.273 e. The van der Waals surface area contributed by atoms with Gasteiger partial charge in [0, 0.05) is 11.4 Å². The predicted octanol–water partition coefficient (Wildman–Crippen LogP) is 3.38. The smallest absolute Gasteiger partial charge is 0.273 e. The lowest BCUT2D eigenvalue weighted by Gasteiger charge is -2.29. The van der Waals surface area contributed by atoms with Gasteiger partial charge in [0.1, 0.15) is 6.61 Å². The Labute approximate surface area is 150 Å². The van der Waals surface area contributed by atoms with Gasteiger partial charge in [-0.3, -0.25) is 9.69 Å². The summed E-state index contributed by atoms with van der Waals surface area (Å²) in [4.78, 5) is 20.7. The lowest BCUT2D eigenvalue weighted by atomic mass is 10.0. The van der Waals surface area contributed by atoms with E-state index in [1.807, 2.05) is 24.3 Å². The Bertz CT molecular complexity index is 778. The van der Waals surface area contributed by atoms with E-state index in [0.717, 1.165) is 23.7 Å². The monoisotopic (exact) mass is 356 g/mol. The van der Waals surface area contributed by atoms with E-state index in [9.17, 15) is 4.79 Å². The summed E-state index contributed by atoms with van der Waals surface area (Å²) in [6.45, 7) is 4.39. The molecule has 1 aliphatic carbocycles. The first kappa shape index (κ1) is 16.1. The van der Waals surface area contributed by atoms with Crippen molar-refractivity contribution in [3.63, 3.8) is 0 Å². The van der Waals surface area contributed by atoms with Crippen molar-refractivity contribution >= 4 is 22.4 Å². The van der Waals surface area contributed by atoms with Crippen LogP contribution in [0.5, 0.6) is 11.5 Å². The molecule has 1 amide bonds. The van der Waals surface area contributed by atoms with Gasteiger partial charge in [-0.2, -0.15) is 0 Å². The first-order valence-corrected chi connectivity index (χ1v) is 9.37. The SMILES string of the molecule is C=CCN(C(=O)[C@@H]1COc2ccccc2O1)c1nc2c(s1)CCCC2. The number of hydrogen-bond donors (Lipinski definition) is 0. The number of carbonyl (C=O) groups excluding carboxylic acids is 1. The Morgan fingerprint density at radius 2 is 2.12 bits per heavy atom. The third kappa shape index (κ3) is 3.14. The number of thiazole rings is 1. The highest BCUT2D eigenvalue weighted by Gasteiger charge is 2.33. The Balaban J connectivity index is 1.57. The van der Waals surface area contributed by atoms with Gasteiger partial charge >= 0.3 is 0 Å². The molecule has 130 valence electrons. The number of nitrogens with zero attached hydrogens (tertiary/aromatic N) is 2. The van der Waals surface area contributed by atoms with E-state index in [-0.39, 0.29) is 12.5 Å². The number of ether oxygens (including phenoxy) is 2. The molecule has 25 heavy (non-hydrogen) atoms. The molecule has 2 aromatic rings. The second kappa shape index (κ2) is 6.88. The van der Waals surface area contributed by atoms with Gasteiger partial charge in [-0.15, -0.1) is 17.9 Å². The molecule has 0 radical (unpaired) electrons. The molecule has 5 nitrogen and oxygen atoms in total. The second-order valence-electron chi connectivity index (χ2n) is 6.18. The summed E-state index contributed by atoms with van der Waals surface area (Å²) >= 11 is 1.61. The van der Waals surface area contributed by atoms with Crippen molar-refractivity contribution in [2.24, 2.45) is 0 Å². The van der Waals surface area contributed by atoms with Gasteiger partial charge in [-0.25, -0.2) is 4.98 Å². The third-order valence-corrected chi connectivity index (χ3v) is 5.61. The van der Waals surface area contributed by atoms with Crippen LogP contribution in [0.3, 0.4) is 0 Å². The number of carbonyl (C=O) groups is 1. The zero-order valence-corrected chi connectivity index (χ0v) is 14.8. The van der Waals surface area contributed by atoms with Crippen molar-refractivity contribution < 1.29 is 14.3 Å². The lowest BCUT2D eigenvalue weighted by Crippen LogP contribution is -2.46. The van der Waals surface area contributed by atoms with Crippen LogP contribution in [-0.4, -0.2) is 30.1 Å². The van der Waals surface area contributed by atoms with E-state index in [1.165, 1.54) is 17.7 Å². The van der Waals surface area contributed by atoms with Crippen LogP contribution in [0.2, 0.25) is 0 Å². The Morgan fingerprint density at radius 3 is 2.92 bits per heavy atom. The van der Waals surface area contributed by atoms with Gasteiger partial charge in [0.25, 0.3) is 5.91 Å². The summed E-state index contributed by atoms with van der Waals surface area (Å²) in [5.41, 5.74) is 1.14. The number of fused-ring (bicyclic) bond motifs is 2. The van der Waals surface area contributed by atoms with Crippen molar-refractivity contribution in [3.05, 3.63) is 47.5 Å². The van der Waals surface area contributed by atoms with Crippen molar-refractivity contribution in [3.8, 4) is 11.5 Å². The fraction of sp³-hybridized carbons (Fsp3) is 0.368. The molecule has 0 bridgehead atoms. The topological polar surface area (TPSA) is 51.7 Å². The minimum Gasteiger partial charge on any atom is -0.485 e. The van der Waals surface area contributed by atoms with E-state index < -0.39 is 6.10 Å². The number of rotatable bonds is 4.